The molecule has 0 spiro atoms. The Hall–Kier alpha value is 0.180. The molecule has 0 bridgehead atoms. The highest BCUT2D eigenvalue weighted by atomic mass is 127. The first-order valence-electron chi connectivity index (χ1n) is 4.45. The summed E-state index contributed by atoms with van der Waals surface area (Å²) in [7, 11) is 0. The molecule has 68 valence electrons. The molecule has 3 heteroatoms. The summed E-state index contributed by atoms with van der Waals surface area (Å²) in [6.45, 7) is 0. The number of ether oxygens (including phenoxy) is 1. The van der Waals surface area contributed by atoms with Crippen LogP contribution in [0.5, 0.6) is 0 Å². The number of hydrogen-bond donors (Lipinski definition) is 0. The van der Waals surface area contributed by atoms with Crippen molar-refractivity contribution in [2.45, 2.75) is 44.3 Å². The molecule has 2 nitrogen and oxygen atoms in total. The fourth-order valence-corrected chi connectivity index (χ4v) is 2.17. The summed E-state index contributed by atoms with van der Waals surface area (Å²) in [6, 6.07) is 2.18. The Balaban J connectivity index is 2.37. The predicted molar refractivity (Wildman–Crippen MR) is 56.2 cm³/mol. The Labute approximate surface area is 87.4 Å². The number of halogens is 1. The number of rotatable bonds is 2. The summed E-state index contributed by atoms with van der Waals surface area (Å²) in [5.41, 5.74) is 0. The summed E-state index contributed by atoms with van der Waals surface area (Å²) < 4.78 is 6.83. The average molecular weight is 279 g/mol. The van der Waals surface area contributed by atoms with Crippen molar-refractivity contribution in [1.82, 2.24) is 0 Å². The van der Waals surface area contributed by atoms with Crippen LogP contribution < -0.4 is 0 Å². The Bertz CT molecular complexity index is 166. The lowest BCUT2D eigenvalue weighted by Crippen LogP contribution is -2.20. The van der Waals surface area contributed by atoms with Crippen LogP contribution in [0.2, 0.25) is 0 Å². The molecule has 0 N–H and O–H groups in total. The smallest absolute Gasteiger partial charge is 0.0709 e. The summed E-state index contributed by atoms with van der Waals surface area (Å²) in [5, 5.41) is 8.54. The number of hydrogen-bond acceptors (Lipinski definition) is 2. The van der Waals surface area contributed by atoms with Gasteiger partial charge in [-0.2, -0.15) is 5.26 Å². The van der Waals surface area contributed by atoms with E-state index in [1.807, 2.05) is 0 Å². The minimum Gasteiger partial charge on any atom is -0.373 e. The number of nitrogens with zero attached hydrogens (tertiary/aromatic N) is 1. The minimum absolute atomic E-state index is 0.206. The largest absolute Gasteiger partial charge is 0.373 e. The molecule has 1 fully saturated rings. The van der Waals surface area contributed by atoms with E-state index in [9.17, 15) is 0 Å². The maximum absolute atomic E-state index is 8.54. The first kappa shape index (κ1) is 10.3. The maximum Gasteiger partial charge on any atom is 0.0709 e. The molecule has 2 atom stereocenters. The normalized spacial score (nSPS) is 30.7. The molecule has 1 heterocycles. The third-order valence-corrected chi connectivity index (χ3v) is 3.16. The second-order valence-electron chi connectivity index (χ2n) is 3.18. The van der Waals surface area contributed by atoms with Crippen LogP contribution >= 0.6 is 22.6 Å². The van der Waals surface area contributed by atoms with Crippen LogP contribution in [0, 0.1) is 11.3 Å². The molecular weight excluding hydrogens is 265 g/mol. The van der Waals surface area contributed by atoms with Gasteiger partial charge in [0.1, 0.15) is 0 Å². The van der Waals surface area contributed by atoms with Crippen molar-refractivity contribution in [3.8, 4) is 6.07 Å². The topological polar surface area (TPSA) is 33.0 Å². The van der Waals surface area contributed by atoms with Crippen molar-refractivity contribution in [3.05, 3.63) is 0 Å². The number of alkyl halides is 1. The molecule has 0 aromatic rings. The second kappa shape index (κ2) is 5.76. The van der Waals surface area contributed by atoms with E-state index in [4.69, 9.17) is 10.00 Å². The number of nitriles is 1. The maximum atomic E-state index is 8.54. The fourth-order valence-electron chi connectivity index (χ4n) is 1.52. The van der Waals surface area contributed by atoms with Gasteiger partial charge in [0.25, 0.3) is 0 Å². The van der Waals surface area contributed by atoms with E-state index >= 15 is 0 Å². The standard InChI is InChI=1S/C9H14INO/c10-7-9-4-2-1-3-8(12-9)5-6-11/h8-9H,1-5,7H2. The Morgan fingerprint density at radius 2 is 2.00 bits per heavy atom. The molecule has 0 saturated carbocycles. The van der Waals surface area contributed by atoms with Gasteiger partial charge in [0.05, 0.1) is 24.7 Å². The molecule has 0 amide bonds. The zero-order valence-electron chi connectivity index (χ0n) is 7.13. The molecular formula is C9H14INO. The molecule has 2 unspecified atom stereocenters. The zero-order valence-corrected chi connectivity index (χ0v) is 9.29. The molecule has 1 saturated heterocycles. The van der Waals surface area contributed by atoms with E-state index in [0.717, 1.165) is 10.8 Å². The molecule has 0 radical (unpaired) electrons. The lowest BCUT2D eigenvalue weighted by atomic mass is 10.1. The van der Waals surface area contributed by atoms with Crippen LogP contribution in [-0.2, 0) is 4.74 Å². The first-order chi connectivity index (χ1) is 5.86. The summed E-state index contributed by atoms with van der Waals surface area (Å²) in [6.07, 6.45) is 5.89. The van der Waals surface area contributed by atoms with Gasteiger partial charge in [-0.3, -0.25) is 0 Å². The predicted octanol–water partition coefficient (Wildman–Crippen LogP) is 2.66. The van der Waals surface area contributed by atoms with E-state index in [-0.39, 0.29) is 6.10 Å². The van der Waals surface area contributed by atoms with E-state index in [0.29, 0.717) is 12.5 Å². The quantitative estimate of drug-likeness (QED) is 0.575. The monoisotopic (exact) mass is 279 g/mol. The van der Waals surface area contributed by atoms with Gasteiger partial charge in [0.2, 0.25) is 0 Å². The Morgan fingerprint density at radius 3 is 2.58 bits per heavy atom. The van der Waals surface area contributed by atoms with Gasteiger partial charge >= 0.3 is 0 Å². The highest BCUT2D eigenvalue weighted by Gasteiger charge is 2.18. The van der Waals surface area contributed by atoms with Crippen molar-refractivity contribution >= 4 is 22.6 Å². The fraction of sp³-hybridized carbons (Fsp3) is 0.889. The van der Waals surface area contributed by atoms with Crippen LogP contribution in [0.25, 0.3) is 0 Å². The third kappa shape index (κ3) is 3.28. The third-order valence-electron chi connectivity index (χ3n) is 2.18. The van der Waals surface area contributed by atoms with Gasteiger partial charge < -0.3 is 4.74 Å². The van der Waals surface area contributed by atoms with Crippen LogP contribution in [-0.4, -0.2) is 16.6 Å². The lowest BCUT2D eigenvalue weighted by molar-refractivity contribution is 0.00922. The van der Waals surface area contributed by atoms with Crippen molar-refractivity contribution in [2.24, 2.45) is 0 Å². The molecule has 0 aliphatic carbocycles. The SMILES string of the molecule is N#CCC1CCCCC(CI)O1. The molecule has 1 rings (SSSR count). The molecule has 0 aromatic heterocycles. The Morgan fingerprint density at radius 1 is 1.33 bits per heavy atom. The second-order valence-corrected chi connectivity index (χ2v) is 4.06. The zero-order chi connectivity index (χ0) is 8.81. The van der Waals surface area contributed by atoms with Crippen molar-refractivity contribution < 1.29 is 4.74 Å². The minimum atomic E-state index is 0.206. The lowest BCUT2D eigenvalue weighted by Gasteiger charge is -2.17. The van der Waals surface area contributed by atoms with Gasteiger partial charge in [-0.15, -0.1) is 0 Å². The molecule has 1 aliphatic rings. The van der Waals surface area contributed by atoms with E-state index in [1.165, 1.54) is 19.3 Å². The van der Waals surface area contributed by atoms with E-state index in [1.54, 1.807) is 0 Å². The van der Waals surface area contributed by atoms with Gasteiger partial charge in [-0.25, -0.2) is 0 Å². The van der Waals surface area contributed by atoms with Crippen molar-refractivity contribution in [3.63, 3.8) is 0 Å². The van der Waals surface area contributed by atoms with Crippen molar-refractivity contribution in [2.75, 3.05) is 4.43 Å². The van der Waals surface area contributed by atoms with Gasteiger partial charge in [0.15, 0.2) is 0 Å². The summed E-state index contributed by atoms with van der Waals surface area (Å²) in [4.78, 5) is 0. The summed E-state index contributed by atoms with van der Waals surface area (Å²) >= 11 is 2.35. The average Bonchev–Trinajstić information content (AvgIpc) is 2.30. The highest BCUT2D eigenvalue weighted by molar-refractivity contribution is 14.1. The summed E-state index contributed by atoms with van der Waals surface area (Å²) in [5.74, 6) is 0. The van der Waals surface area contributed by atoms with Crippen LogP contribution in [0.4, 0.5) is 0 Å². The van der Waals surface area contributed by atoms with Crippen molar-refractivity contribution in [1.29, 1.82) is 5.26 Å². The van der Waals surface area contributed by atoms with E-state index < -0.39 is 0 Å². The van der Waals surface area contributed by atoms with Gasteiger partial charge in [0, 0.05) is 4.43 Å². The van der Waals surface area contributed by atoms with E-state index in [2.05, 4.69) is 28.7 Å². The molecule has 1 aliphatic heterocycles. The van der Waals surface area contributed by atoms with Crippen LogP contribution in [0.3, 0.4) is 0 Å². The Kier molecular flexibility index (Phi) is 4.93. The van der Waals surface area contributed by atoms with Crippen LogP contribution in [0.1, 0.15) is 32.1 Å². The van der Waals surface area contributed by atoms with Gasteiger partial charge in [-0.05, 0) is 12.8 Å². The van der Waals surface area contributed by atoms with Gasteiger partial charge in [-0.1, -0.05) is 35.4 Å². The van der Waals surface area contributed by atoms with Crippen LogP contribution in [0.15, 0.2) is 0 Å². The first-order valence-corrected chi connectivity index (χ1v) is 5.97. The molecule has 0 aromatic carbocycles. The molecule has 12 heavy (non-hydrogen) atoms. The highest BCUT2D eigenvalue weighted by Crippen LogP contribution is 2.21.